The Labute approximate surface area is 161 Å². The summed E-state index contributed by atoms with van der Waals surface area (Å²) >= 11 is 6.07. The second-order valence-electron chi connectivity index (χ2n) is 6.93. The van der Waals surface area contributed by atoms with Crippen LogP contribution in [0.5, 0.6) is 0 Å². The summed E-state index contributed by atoms with van der Waals surface area (Å²) in [5, 5.41) is 0.851. The second-order valence-corrected chi connectivity index (χ2v) is 7.37. The van der Waals surface area contributed by atoms with E-state index in [1.54, 1.807) is 23.1 Å². The number of rotatable bonds is 4. The molecule has 3 aromatic rings. The zero-order chi connectivity index (χ0) is 19.1. The number of carbonyl (C=O) groups is 1. The third-order valence-electron chi connectivity index (χ3n) is 4.83. The lowest BCUT2D eigenvalue weighted by molar-refractivity contribution is 0.0716. The molecule has 6 heteroatoms. The van der Waals surface area contributed by atoms with Gasteiger partial charge in [-0.25, -0.2) is 0 Å². The summed E-state index contributed by atoms with van der Waals surface area (Å²) in [7, 11) is 3.90. The van der Waals surface area contributed by atoms with Crippen molar-refractivity contribution in [3.8, 4) is 0 Å². The molecule has 0 saturated carbocycles. The normalized spacial score (nSPS) is 16.4. The molecule has 1 atom stereocenters. The van der Waals surface area contributed by atoms with Crippen molar-refractivity contribution in [3.63, 3.8) is 0 Å². The number of fused-ring (bicyclic) bond motifs is 2. The molecule has 2 heterocycles. The summed E-state index contributed by atoms with van der Waals surface area (Å²) < 4.78 is 5.88. The molecule has 0 bridgehead atoms. The van der Waals surface area contributed by atoms with Gasteiger partial charge >= 0.3 is 0 Å². The van der Waals surface area contributed by atoms with Gasteiger partial charge in [0.25, 0.3) is 5.91 Å². The second kappa shape index (κ2) is 6.83. The van der Waals surface area contributed by atoms with Crippen LogP contribution in [0.2, 0.25) is 5.02 Å². The first-order chi connectivity index (χ1) is 13.0. The Morgan fingerprint density at radius 1 is 1.11 bits per heavy atom. The summed E-state index contributed by atoms with van der Waals surface area (Å²) in [6.07, 6.45) is 0. The summed E-state index contributed by atoms with van der Waals surface area (Å²) in [6, 6.07) is 14.0. The van der Waals surface area contributed by atoms with Gasteiger partial charge in [-0.3, -0.25) is 9.59 Å². The fourth-order valence-electron chi connectivity index (χ4n) is 3.51. The number of likely N-dealkylation sites (N-methyl/N-ethyl adjacent to an activating group) is 1. The Bertz CT molecular complexity index is 1080. The summed E-state index contributed by atoms with van der Waals surface area (Å²) in [5.41, 5.74) is 1.44. The predicted molar refractivity (Wildman–Crippen MR) is 105 cm³/mol. The van der Waals surface area contributed by atoms with Crippen molar-refractivity contribution in [2.75, 3.05) is 27.2 Å². The standard InChI is InChI=1S/C21H19ClN2O3/c1-23(2)10-11-24-18(13-6-4-3-5-7-13)17-19(25)15-12-14(22)8-9-16(15)27-20(17)21(24)26/h3-9,12,18H,10-11H2,1-2H3/t18-/m0/s1. The van der Waals surface area contributed by atoms with Crippen LogP contribution in [0.15, 0.2) is 57.7 Å². The van der Waals surface area contributed by atoms with Crippen LogP contribution in [-0.4, -0.2) is 42.9 Å². The minimum absolute atomic E-state index is 0.127. The van der Waals surface area contributed by atoms with Gasteiger partial charge in [-0.1, -0.05) is 41.9 Å². The fourth-order valence-corrected chi connectivity index (χ4v) is 3.68. The molecule has 0 unspecified atom stereocenters. The topological polar surface area (TPSA) is 53.8 Å². The summed E-state index contributed by atoms with van der Waals surface area (Å²) in [6.45, 7) is 1.18. The lowest BCUT2D eigenvalue weighted by Crippen LogP contribution is -2.35. The number of hydrogen-bond acceptors (Lipinski definition) is 4. The van der Waals surface area contributed by atoms with E-state index < -0.39 is 6.04 Å². The van der Waals surface area contributed by atoms with Crippen molar-refractivity contribution >= 4 is 28.5 Å². The first kappa shape index (κ1) is 17.8. The molecule has 0 radical (unpaired) electrons. The predicted octanol–water partition coefficient (Wildman–Crippen LogP) is 3.55. The van der Waals surface area contributed by atoms with E-state index in [-0.39, 0.29) is 17.1 Å². The van der Waals surface area contributed by atoms with Gasteiger partial charge in [-0.2, -0.15) is 0 Å². The molecule has 0 saturated heterocycles. The van der Waals surface area contributed by atoms with E-state index in [0.29, 0.717) is 34.6 Å². The molecule has 5 nitrogen and oxygen atoms in total. The van der Waals surface area contributed by atoms with Crippen molar-refractivity contribution in [1.82, 2.24) is 9.80 Å². The smallest absolute Gasteiger partial charge is 0.290 e. The monoisotopic (exact) mass is 382 g/mol. The number of benzene rings is 2. The van der Waals surface area contributed by atoms with Crippen molar-refractivity contribution in [2.45, 2.75) is 6.04 Å². The highest BCUT2D eigenvalue weighted by Crippen LogP contribution is 2.38. The number of amides is 1. The molecule has 2 aromatic carbocycles. The van der Waals surface area contributed by atoms with Gasteiger partial charge in [-0.05, 0) is 37.9 Å². The van der Waals surface area contributed by atoms with Gasteiger partial charge in [0, 0.05) is 18.1 Å². The van der Waals surface area contributed by atoms with Crippen LogP contribution >= 0.6 is 11.6 Å². The van der Waals surface area contributed by atoms with Crippen molar-refractivity contribution in [2.24, 2.45) is 0 Å². The number of hydrogen-bond donors (Lipinski definition) is 0. The van der Waals surface area contributed by atoms with E-state index in [2.05, 4.69) is 0 Å². The summed E-state index contributed by atoms with van der Waals surface area (Å²) in [4.78, 5) is 30.1. The highest BCUT2D eigenvalue weighted by molar-refractivity contribution is 6.31. The lowest BCUT2D eigenvalue weighted by Gasteiger charge is -2.26. The first-order valence-corrected chi connectivity index (χ1v) is 9.12. The van der Waals surface area contributed by atoms with Crippen LogP contribution in [-0.2, 0) is 0 Å². The maximum Gasteiger partial charge on any atom is 0.290 e. The molecular weight excluding hydrogens is 364 g/mol. The third kappa shape index (κ3) is 3.03. The largest absolute Gasteiger partial charge is 0.450 e. The van der Waals surface area contributed by atoms with E-state index in [1.165, 1.54) is 0 Å². The van der Waals surface area contributed by atoms with E-state index in [4.69, 9.17) is 16.0 Å². The van der Waals surface area contributed by atoms with Crippen molar-refractivity contribution in [1.29, 1.82) is 0 Å². The molecule has 1 aromatic heterocycles. The van der Waals surface area contributed by atoms with Gasteiger partial charge in [0.05, 0.1) is 17.0 Å². The maximum atomic E-state index is 13.3. The minimum Gasteiger partial charge on any atom is -0.450 e. The van der Waals surface area contributed by atoms with E-state index in [0.717, 1.165) is 5.56 Å². The molecule has 0 spiro atoms. The Hall–Kier alpha value is -2.63. The third-order valence-corrected chi connectivity index (χ3v) is 5.07. The Morgan fingerprint density at radius 3 is 2.56 bits per heavy atom. The number of halogens is 1. The van der Waals surface area contributed by atoms with Crippen LogP contribution < -0.4 is 5.43 Å². The van der Waals surface area contributed by atoms with Gasteiger partial charge in [0.15, 0.2) is 5.43 Å². The van der Waals surface area contributed by atoms with Crippen LogP contribution in [0.3, 0.4) is 0 Å². The average molecular weight is 383 g/mol. The molecule has 138 valence electrons. The van der Waals surface area contributed by atoms with Crippen molar-refractivity contribution < 1.29 is 9.21 Å². The maximum absolute atomic E-state index is 13.3. The van der Waals surface area contributed by atoms with Gasteiger partial charge in [-0.15, -0.1) is 0 Å². The highest BCUT2D eigenvalue weighted by atomic mass is 35.5. The summed E-state index contributed by atoms with van der Waals surface area (Å²) in [5.74, 6) is -0.128. The average Bonchev–Trinajstić information content (AvgIpc) is 2.94. The van der Waals surface area contributed by atoms with E-state index >= 15 is 0 Å². The Balaban J connectivity index is 1.95. The van der Waals surface area contributed by atoms with Crippen LogP contribution in [0.25, 0.3) is 11.0 Å². The molecule has 4 rings (SSSR count). The first-order valence-electron chi connectivity index (χ1n) is 8.74. The quantitative estimate of drug-likeness (QED) is 0.692. The van der Waals surface area contributed by atoms with E-state index in [9.17, 15) is 9.59 Å². The fraction of sp³-hybridized carbons (Fsp3) is 0.238. The number of carbonyl (C=O) groups excluding carboxylic acids is 1. The molecule has 0 fully saturated rings. The zero-order valence-corrected chi connectivity index (χ0v) is 15.9. The Morgan fingerprint density at radius 2 is 1.85 bits per heavy atom. The van der Waals surface area contributed by atoms with E-state index in [1.807, 2.05) is 49.3 Å². The van der Waals surface area contributed by atoms with Gasteiger partial charge in [0.1, 0.15) is 5.58 Å². The highest BCUT2D eigenvalue weighted by Gasteiger charge is 2.42. The van der Waals surface area contributed by atoms with Crippen molar-refractivity contribution in [3.05, 3.63) is 80.7 Å². The van der Waals surface area contributed by atoms with Crippen LogP contribution in [0.4, 0.5) is 0 Å². The minimum atomic E-state index is -0.465. The van der Waals surface area contributed by atoms with Crippen LogP contribution in [0, 0.1) is 0 Å². The molecule has 1 aliphatic rings. The van der Waals surface area contributed by atoms with Crippen LogP contribution in [0.1, 0.15) is 27.7 Å². The SMILES string of the molecule is CN(C)CCN1C(=O)c2oc3ccc(Cl)cc3c(=O)c2[C@@H]1c1ccccc1. The number of nitrogens with zero attached hydrogens (tertiary/aromatic N) is 2. The Kier molecular flexibility index (Phi) is 4.50. The molecule has 0 aliphatic carbocycles. The lowest BCUT2D eigenvalue weighted by atomic mass is 9.98. The zero-order valence-electron chi connectivity index (χ0n) is 15.1. The molecule has 0 N–H and O–H groups in total. The molecule has 1 amide bonds. The molecule has 1 aliphatic heterocycles. The molecular formula is C21H19ClN2O3. The van der Waals surface area contributed by atoms with Gasteiger partial charge < -0.3 is 14.2 Å². The van der Waals surface area contributed by atoms with Gasteiger partial charge in [0.2, 0.25) is 5.76 Å². The molecule has 27 heavy (non-hydrogen) atoms.